The van der Waals surface area contributed by atoms with Crippen molar-refractivity contribution in [2.24, 2.45) is 11.7 Å². The van der Waals surface area contributed by atoms with Gasteiger partial charge < -0.3 is 15.8 Å². The number of pyridine rings is 1. The molecule has 5 nitrogen and oxygen atoms in total. The number of nitrogens with two attached hydrogens (primary N) is 1. The van der Waals surface area contributed by atoms with Crippen LogP contribution in [-0.2, 0) is 11.3 Å². The molecule has 0 bridgehead atoms. The Bertz CT molecular complexity index is 996. The Labute approximate surface area is 158 Å². The van der Waals surface area contributed by atoms with Crippen LogP contribution in [-0.4, -0.2) is 17.5 Å². The molecule has 138 valence electrons. The van der Waals surface area contributed by atoms with E-state index < -0.39 is 0 Å². The van der Waals surface area contributed by atoms with Gasteiger partial charge in [0.05, 0.1) is 6.61 Å². The number of ether oxygens (including phenoxy) is 1. The van der Waals surface area contributed by atoms with Gasteiger partial charge in [-0.25, -0.2) is 4.98 Å². The zero-order chi connectivity index (χ0) is 18.8. The van der Waals surface area contributed by atoms with Crippen molar-refractivity contribution in [2.45, 2.75) is 26.3 Å². The zero-order valence-electron chi connectivity index (χ0n) is 15.4. The lowest BCUT2D eigenvalue weighted by Gasteiger charge is -2.12. The van der Waals surface area contributed by atoms with Gasteiger partial charge in [0.2, 0.25) is 5.91 Å². The molecule has 1 heterocycles. The van der Waals surface area contributed by atoms with Gasteiger partial charge in [0.1, 0.15) is 11.6 Å². The number of hydrogen-bond donors (Lipinski definition) is 2. The summed E-state index contributed by atoms with van der Waals surface area (Å²) >= 11 is 0. The summed E-state index contributed by atoms with van der Waals surface area (Å²) in [5.41, 5.74) is 9.13. The Morgan fingerprint density at radius 3 is 2.78 bits per heavy atom. The topological polar surface area (TPSA) is 77.2 Å². The van der Waals surface area contributed by atoms with Crippen molar-refractivity contribution in [2.75, 3.05) is 11.9 Å². The number of hydrogen-bond acceptors (Lipinski definition) is 4. The van der Waals surface area contributed by atoms with Crippen LogP contribution in [0.15, 0.2) is 48.7 Å². The maximum Gasteiger partial charge on any atom is 0.228 e. The van der Waals surface area contributed by atoms with Crippen LogP contribution in [0.25, 0.3) is 21.9 Å². The highest BCUT2D eigenvalue weighted by Crippen LogP contribution is 2.32. The molecule has 1 amide bonds. The lowest BCUT2D eigenvalue weighted by Crippen LogP contribution is -2.14. The van der Waals surface area contributed by atoms with Gasteiger partial charge in [0, 0.05) is 24.0 Å². The predicted octanol–water partition coefficient (Wildman–Crippen LogP) is 4.11. The SMILES string of the molecule is CCOc1ccc(CN)c(-c2ccc3cc(NC(=O)C4CC4)ncc3c2)c1. The number of nitrogens with zero attached hydrogens (tertiary/aromatic N) is 1. The normalized spacial score (nSPS) is 13.6. The number of rotatable bonds is 6. The molecule has 0 radical (unpaired) electrons. The molecule has 0 atom stereocenters. The zero-order valence-corrected chi connectivity index (χ0v) is 15.4. The second-order valence-corrected chi connectivity index (χ2v) is 6.85. The molecular formula is C22H23N3O2. The summed E-state index contributed by atoms with van der Waals surface area (Å²) in [4.78, 5) is 16.3. The van der Waals surface area contributed by atoms with Crippen molar-refractivity contribution < 1.29 is 9.53 Å². The average molecular weight is 361 g/mol. The molecule has 3 N–H and O–H groups in total. The summed E-state index contributed by atoms with van der Waals surface area (Å²) in [5.74, 6) is 1.67. The number of anilines is 1. The van der Waals surface area contributed by atoms with E-state index in [0.29, 0.717) is 19.0 Å². The first kappa shape index (κ1) is 17.5. The van der Waals surface area contributed by atoms with Gasteiger partial charge in [0.15, 0.2) is 0 Å². The maximum atomic E-state index is 11.9. The highest BCUT2D eigenvalue weighted by molar-refractivity contribution is 5.96. The molecule has 1 saturated carbocycles. The first-order valence-electron chi connectivity index (χ1n) is 9.34. The maximum absolute atomic E-state index is 11.9. The third-order valence-electron chi connectivity index (χ3n) is 4.84. The number of nitrogens with one attached hydrogen (secondary N) is 1. The number of fused-ring (bicyclic) bond motifs is 1. The minimum Gasteiger partial charge on any atom is -0.494 e. The molecule has 4 rings (SSSR count). The largest absolute Gasteiger partial charge is 0.494 e. The van der Waals surface area contributed by atoms with Gasteiger partial charge >= 0.3 is 0 Å². The molecular weight excluding hydrogens is 338 g/mol. The fourth-order valence-corrected chi connectivity index (χ4v) is 3.21. The van der Waals surface area contributed by atoms with Gasteiger partial charge in [-0.2, -0.15) is 0 Å². The molecule has 27 heavy (non-hydrogen) atoms. The molecule has 0 spiro atoms. The van der Waals surface area contributed by atoms with Crippen LogP contribution in [0.4, 0.5) is 5.82 Å². The predicted molar refractivity (Wildman–Crippen MR) is 108 cm³/mol. The Morgan fingerprint density at radius 1 is 1.19 bits per heavy atom. The van der Waals surface area contributed by atoms with Gasteiger partial charge in [-0.3, -0.25) is 4.79 Å². The molecule has 1 aliphatic carbocycles. The van der Waals surface area contributed by atoms with E-state index in [1.165, 1.54) is 0 Å². The third kappa shape index (κ3) is 3.78. The Kier molecular flexibility index (Phi) is 4.77. The third-order valence-corrected chi connectivity index (χ3v) is 4.84. The van der Waals surface area contributed by atoms with Crippen LogP contribution >= 0.6 is 0 Å². The van der Waals surface area contributed by atoms with Crippen molar-refractivity contribution >= 4 is 22.5 Å². The average Bonchev–Trinajstić information content (AvgIpc) is 3.53. The van der Waals surface area contributed by atoms with E-state index in [1.807, 2.05) is 37.3 Å². The van der Waals surface area contributed by atoms with Crippen LogP contribution in [0.1, 0.15) is 25.3 Å². The van der Waals surface area contributed by atoms with Crippen molar-refractivity contribution in [1.29, 1.82) is 0 Å². The van der Waals surface area contributed by atoms with Gasteiger partial charge in [-0.15, -0.1) is 0 Å². The van der Waals surface area contributed by atoms with Crippen molar-refractivity contribution in [3.8, 4) is 16.9 Å². The summed E-state index contributed by atoms with van der Waals surface area (Å²) in [6.45, 7) is 3.06. The molecule has 2 aromatic carbocycles. The summed E-state index contributed by atoms with van der Waals surface area (Å²) in [7, 11) is 0. The summed E-state index contributed by atoms with van der Waals surface area (Å²) in [6, 6.07) is 14.1. The van der Waals surface area contributed by atoms with Crippen molar-refractivity contribution in [1.82, 2.24) is 4.98 Å². The highest BCUT2D eigenvalue weighted by atomic mass is 16.5. The Balaban J connectivity index is 1.67. The van der Waals surface area contributed by atoms with Crippen molar-refractivity contribution in [3.05, 3.63) is 54.2 Å². The Hall–Kier alpha value is -2.92. The smallest absolute Gasteiger partial charge is 0.228 e. The van der Waals surface area contributed by atoms with Crippen molar-refractivity contribution in [3.63, 3.8) is 0 Å². The number of aromatic nitrogens is 1. The summed E-state index contributed by atoms with van der Waals surface area (Å²) in [5, 5.41) is 4.95. The minimum absolute atomic E-state index is 0.0683. The van der Waals surface area contributed by atoms with Crippen LogP contribution in [0.3, 0.4) is 0 Å². The number of benzene rings is 2. The van der Waals surface area contributed by atoms with Crippen LogP contribution in [0.2, 0.25) is 0 Å². The van der Waals surface area contributed by atoms with E-state index in [4.69, 9.17) is 10.5 Å². The lowest BCUT2D eigenvalue weighted by atomic mass is 9.97. The van der Waals surface area contributed by atoms with Crippen LogP contribution < -0.4 is 15.8 Å². The van der Waals surface area contributed by atoms with E-state index >= 15 is 0 Å². The quantitative estimate of drug-likeness (QED) is 0.693. The molecule has 0 aliphatic heterocycles. The molecule has 5 heteroatoms. The number of amides is 1. The fourth-order valence-electron chi connectivity index (χ4n) is 3.21. The van der Waals surface area contributed by atoms with E-state index in [9.17, 15) is 4.79 Å². The minimum atomic E-state index is 0.0683. The monoisotopic (exact) mass is 361 g/mol. The second kappa shape index (κ2) is 7.37. The molecule has 3 aromatic rings. The first-order valence-corrected chi connectivity index (χ1v) is 9.34. The van der Waals surface area contributed by atoms with Crippen LogP contribution in [0, 0.1) is 5.92 Å². The first-order chi connectivity index (χ1) is 13.2. The second-order valence-electron chi connectivity index (χ2n) is 6.85. The number of carbonyl (C=O) groups is 1. The molecule has 0 unspecified atom stereocenters. The van der Waals surface area contributed by atoms with Crippen LogP contribution in [0.5, 0.6) is 5.75 Å². The van der Waals surface area contributed by atoms with Gasteiger partial charge in [0.25, 0.3) is 0 Å². The molecule has 1 fully saturated rings. The van der Waals surface area contributed by atoms with E-state index in [0.717, 1.165) is 46.1 Å². The number of carbonyl (C=O) groups excluding carboxylic acids is 1. The molecule has 0 saturated heterocycles. The molecule has 1 aromatic heterocycles. The summed E-state index contributed by atoms with van der Waals surface area (Å²) in [6.07, 6.45) is 3.76. The van der Waals surface area contributed by atoms with E-state index in [1.54, 1.807) is 6.20 Å². The fraction of sp³-hybridized carbons (Fsp3) is 0.273. The highest BCUT2D eigenvalue weighted by Gasteiger charge is 2.29. The van der Waals surface area contributed by atoms with Gasteiger partial charge in [-0.1, -0.05) is 18.2 Å². The van der Waals surface area contributed by atoms with E-state index in [2.05, 4.69) is 22.4 Å². The summed E-state index contributed by atoms with van der Waals surface area (Å²) < 4.78 is 5.64. The standard InChI is InChI=1S/C22H23N3O2/c1-2-27-19-8-7-17(12-23)20(11-19)16-6-5-15-10-21(24-13-18(15)9-16)25-22(26)14-3-4-14/h5-11,13-14H,2-4,12,23H2,1H3,(H,24,25,26). The van der Waals surface area contributed by atoms with E-state index in [-0.39, 0.29) is 11.8 Å². The van der Waals surface area contributed by atoms with Gasteiger partial charge in [-0.05, 0) is 66.1 Å². The Morgan fingerprint density at radius 2 is 2.04 bits per heavy atom. The molecule has 1 aliphatic rings. The lowest BCUT2D eigenvalue weighted by molar-refractivity contribution is -0.117.